The third kappa shape index (κ3) is 4.40. The summed E-state index contributed by atoms with van der Waals surface area (Å²) in [5, 5.41) is 9.69. The molecule has 1 aliphatic carbocycles. The standard InChI is InChI=1S/C26H24FN5O3/c1-29-21-9-6-17(12-20(21)27)25-30-24(26(35)31-11-10-18(28)14-31)22(13-23(33)34)32(25)19-7-4-16(5-8-19)15-2-3-15/h4-9,12,15,18H,2-3,10-11,13-14,28H2,(H,33,34)/t18-/m1/s1. The van der Waals surface area contributed by atoms with Gasteiger partial charge in [-0.25, -0.2) is 14.2 Å². The van der Waals surface area contributed by atoms with E-state index >= 15 is 0 Å². The van der Waals surface area contributed by atoms with Crippen molar-refractivity contribution in [3.8, 4) is 17.1 Å². The average molecular weight is 474 g/mol. The van der Waals surface area contributed by atoms with E-state index in [0.29, 0.717) is 36.7 Å². The van der Waals surface area contributed by atoms with E-state index in [2.05, 4.69) is 9.83 Å². The number of carbonyl (C=O) groups is 2. The number of rotatable bonds is 6. The fourth-order valence-corrected chi connectivity index (χ4v) is 4.57. The number of carbonyl (C=O) groups excluding carboxylic acids is 1. The third-order valence-electron chi connectivity index (χ3n) is 6.53. The zero-order valence-electron chi connectivity index (χ0n) is 18.9. The van der Waals surface area contributed by atoms with E-state index < -0.39 is 24.1 Å². The number of halogens is 1. The number of amides is 1. The molecule has 35 heavy (non-hydrogen) atoms. The number of hydrogen-bond acceptors (Lipinski definition) is 4. The van der Waals surface area contributed by atoms with Crippen molar-refractivity contribution in [2.75, 3.05) is 13.1 Å². The Labute approximate surface area is 201 Å². The van der Waals surface area contributed by atoms with Gasteiger partial charge in [0.15, 0.2) is 5.69 Å². The molecule has 3 N–H and O–H groups in total. The van der Waals surface area contributed by atoms with Crippen LogP contribution in [0.3, 0.4) is 0 Å². The number of nitrogens with two attached hydrogens (primary N) is 1. The predicted molar refractivity (Wildman–Crippen MR) is 127 cm³/mol. The van der Waals surface area contributed by atoms with Crippen molar-refractivity contribution in [3.05, 3.63) is 76.7 Å². The second-order valence-corrected chi connectivity index (χ2v) is 9.08. The van der Waals surface area contributed by atoms with Crippen LogP contribution in [0.2, 0.25) is 0 Å². The summed E-state index contributed by atoms with van der Waals surface area (Å²) in [5.41, 5.74) is 8.24. The summed E-state index contributed by atoms with van der Waals surface area (Å²) in [5.74, 6) is -1.45. The molecule has 0 unspecified atom stereocenters. The number of aliphatic carboxylic acids is 1. The summed E-state index contributed by atoms with van der Waals surface area (Å²) in [7, 11) is 0. The van der Waals surface area contributed by atoms with E-state index in [1.165, 1.54) is 17.7 Å². The normalized spacial score (nSPS) is 17.4. The Bertz CT molecular complexity index is 1350. The molecule has 9 heteroatoms. The minimum atomic E-state index is -1.12. The van der Waals surface area contributed by atoms with E-state index in [1.807, 2.05) is 24.3 Å². The molecule has 1 aromatic heterocycles. The Morgan fingerprint density at radius 1 is 1.17 bits per heavy atom. The molecule has 1 saturated heterocycles. The first-order valence-electron chi connectivity index (χ1n) is 11.5. The Kier molecular flexibility index (Phi) is 5.83. The lowest BCUT2D eigenvalue weighted by Gasteiger charge is -2.16. The molecule has 1 saturated carbocycles. The molecule has 2 heterocycles. The van der Waals surface area contributed by atoms with Gasteiger partial charge in [0.2, 0.25) is 5.69 Å². The molecular formula is C26H24FN5O3. The van der Waals surface area contributed by atoms with Crippen LogP contribution in [0.1, 0.15) is 46.9 Å². The number of benzene rings is 2. The molecule has 2 aliphatic rings. The zero-order chi connectivity index (χ0) is 24.7. The van der Waals surface area contributed by atoms with Gasteiger partial charge in [-0.3, -0.25) is 14.2 Å². The summed E-state index contributed by atoms with van der Waals surface area (Å²) < 4.78 is 16.2. The second-order valence-electron chi connectivity index (χ2n) is 9.08. The highest BCUT2D eigenvalue weighted by Gasteiger charge is 2.32. The molecule has 5 rings (SSSR count). The van der Waals surface area contributed by atoms with Crippen molar-refractivity contribution >= 4 is 17.6 Å². The number of aromatic nitrogens is 2. The first-order valence-corrected chi connectivity index (χ1v) is 11.5. The number of nitrogens with zero attached hydrogens (tertiary/aromatic N) is 4. The van der Waals surface area contributed by atoms with Crippen molar-refractivity contribution in [1.29, 1.82) is 0 Å². The molecule has 3 aromatic rings. The van der Waals surface area contributed by atoms with Crippen molar-refractivity contribution in [3.63, 3.8) is 0 Å². The molecule has 0 radical (unpaired) electrons. The minimum absolute atomic E-state index is 0.0115. The SMILES string of the molecule is [C-]#[N+]c1ccc(-c2nc(C(=O)N3CC[C@@H](N)C3)c(CC(=O)O)n2-c2ccc(C3CC3)cc2)cc1F. The van der Waals surface area contributed by atoms with Gasteiger partial charge in [-0.05, 0) is 48.9 Å². The van der Waals surface area contributed by atoms with Gasteiger partial charge in [-0.15, -0.1) is 0 Å². The smallest absolute Gasteiger partial charge is 0.309 e. The maximum Gasteiger partial charge on any atom is 0.309 e. The largest absolute Gasteiger partial charge is 0.481 e. The fourth-order valence-electron chi connectivity index (χ4n) is 4.57. The number of hydrogen-bond donors (Lipinski definition) is 2. The molecular weight excluding hydrogens is 449 g/mol. The molecule has 1 amide bonds. The van der Waals surface area contributed by atoms with Gasteiger partial charge in [0.05, 0.1) is 18.7 Å². The molecule has 8 nitrogen and oxygen atoms in total. The maximum absolute atomic E-state index is 14.5. The summed E-state index contributed by atoms with van der Waals surface area (Å²) in [6.45, 7) is 7.93. The van der Waals surface area contributed by atoms with Crippen LogP contribution in [0.4, 0.5) is 10.1 Å². The van der Waals surface area contributed by atoms with E-state index in [1.54, 1.807) is 15.5 Å². The molecule has 2 aromatic carbocycles. The van der Waals surface area contributed by atoms with Crippen LogP contribution in [0.5, 0.6) is 0 Å². The van der Waals surface area contributed by atoms with E-state index in [9.17, 15) is 19.1 Å². The van der Waals surface area contributed by atoms with Crippen LogP contribution in [-0.2, 0) is 11.2 Å². The molecule has 0 spiro atoms. The molecule has 1 atom stereocenters. The highest BCUT2D eigenvalue weighted by Crippen LogP contribution is 2.40. The molecule has 178 valence electrons. The van der Waals surface area contributed by atoms with E-state index in [0.717, 1.165) is 12.8 Å². The predicted octanol–water partition coefficient (Wildman–Crippen LogP) is 3.91. The number of likely N-dealkylation sites (tertiary alicyclic amines) is 1. The summed E-state index contributed by atoms with van der Waals surface area (Å²) in [4.78, 5) is 34.6. The fraction of sp³-hybridized carbons (Fsp3) is 0.308. The molecule has 2 fully saturated rings. The summed E-state index contributed by atoms with van der Waals surface area (Å²) >= 11 is 0. The highest BCUT2D eigenvalue weighted by atomic mass is 19.1. The van der Waals surface area contributed by atoms with Crippen LogP contribution in [0, 0.1) is 12.4 Å². The zero-order valence-corrected chi connectivity index (χ0v) is 18.9. The Hall–Kier alpha value is -4.03. The summed E-state index contributed by atoms with van der Waals surface area (Å²) in [6, 6.07) is 11.7. The Morgan fingerprint density at radius 2 is 1.91 bits per heavy atom. The molecule has 0 bridgehead atoms. The summed E-state index contributed by atoms with van der Waals surface area (Å²) in [6.07, 6.45) is 2.49. The highest BCUT2D eigenvalue weighted by molar-refractivity contribution is 5.96. The van der Waals surface area contributed by atoms with Crippen LogP contribution in [0.15, 0.2) is 42.5 Å². The van der Waals surface area contributed by atoms with E-state index in [-0.39, 0.29) is 28.9 Å². The lowest BCUT2D eigenvalue weighted by molar-refractivity contribution is -0.136. The van der Waals surface area contributed by atoms with Crippen LogP contribution in [0.25, 0.3) is 21.9 Å². The third-order valence-corrected chi connectivity index (χ3v) is 6.53. The van der Waals surface area contributed by atoms with Gasteiger partial charge in [0.25, 0.3) is 5.91 Å². The van der Waals surface area contributed by atoms with Gasteiger partial charge in [-0.1, -0.05) is 24.3 Å². The van der Waals surface area contributed by atoms with Gasteiger partial charge in [0, 0.05) is 30.4 Å². The van der Waals surface area contributed by atoms with Crippen molar-refractivity contribution in [2.45, 2.75) is 37.6 Å². The topological polar surface area (TPSA) is 106 Å². The molecule has 1 aliphatic heterocycles. The van der Waals surface area contributed by atoms with Crippen LogP contribution in [-0.4, -0.2) is 50.6 Å². The monoisotopic (exact) mass is 473 g/mol. The number of imidazole rings is 1. The van der Waals surface area contributed by atoms with Gasteiger partial charge in [-0.2, -0.15) is 0 Å². The van der Waals surface area contributed by atoms with Gasteiger partial charge < -0.3 is 15.7 Å². The lowest BCUT2D eigenvalue weighted by Crippen LogP contribution is -2.33. The number of carboxylic acid groups (broad SMARTS) is 1. The number of carboxylic acids is 1. The second kappa shape index (κ2) is 8.96. The first kappa shape index (κ1) is 22.7. The van der Waals surface area contributed by atoms with Gasteiger partial charge >= 0.3 is 5.97 Å². The first-order chi connectivity index (χ1) is 16.9. The van der Waals surface area contributed by atoms with Crippen LogP contribution < -0.4 is 5.73 Å². The van der Waals surface area contributed by atoms with Gasteiger partial charge in [0.1, 0.15) is 11.6 Å². The quantitative estimate of drug-likeness (QED) is 0.528. The van der Waals surface area contributed by atoms with E-state index in [4.69, 9.17) is 12.3 Å². The Balaban J connectivity index is 1.70. The Morgan fingerprint density at radius 3 is 2.49 bits per heavy atom. The lowest BCUT2D eigenvalue weighted by atomic mass is 10.1. The average Bonchev–Trinajstić information content (AvgIpc) is 3.50. The van der Waals surface area contributed by atoms with Crippen molar-refractivity contribution in [2.24, 2.45) is 5.73 Å². The van der Waals surface area contributed by atoms with Crippen LogP contribution >= 0.6 is 0 Å². The van der Waals surface area contributed by atoms with Crippen molar-refractivity contribution in [1.82, 2.24) is 14.5 Å². The maximum atomic E-state index is 14.5. The van der Waals surface area contributed by atoms with Crippen molar-refractivity contribution < 1.29 is 19.1 Å². The minimum Gasteiger partial charge on any atom is -0.481 e.